The summed E-state index contributed by atoms with van der Waals surface area (Å²) in [6.07, 6.45) is 1.40. The van der Waals surface area contributed by atoms with Crippen LogP contribution in [0, 0.1) is 0 Å². The molecule has 1 rings (SSSR count). The third kappa shape index (κ3) is 5.33. The molecule has 5 nitrogen and oxygen atoms in total. The number of furan rings is 1. The molecule has 0 aliphatic rings. The van der Waals surface area contributed by atoms with Gasteiger partial charge >= 0.3 is 0 Å². The van der Waals surface area contributed by atoms with Gasteiger partial charge in [-0.05, 0) is 25.5 Å². The summed E-state index contributed by atoms with van der Waals surface area (Å²) in [5, 5.41) is 14.9. The van der Waals surface area contributed by atoms with E-state index >= 15 is 0 Å². The molecular weight excluding hydrogens is 232 g/mol. The molecule has 18 heavy (non-hydrogen) atoms. The van der Waals surface area contributed by atoms with E-state index in [1.54, 1.807) is 6.07 Å². The molecule has 0 bridgehead atoms. The average Bonchev–Trinajstić information content (AvgIpc) is 2.82. The topological polar surface area (TPSA) is 74.5 Å². The van der Waals surface area contributed by atoms with Crippen LogP contribution < -0.4 is 10.6 Å². The first-order valence-corrected chi connectivity index (χ1v) is 6.34. The van der Waals surface area contributed by atoms with Gasteiger partial charge in [0.25, 0.3) is 0 Å². The molecular formula is C13H22N2O3. The van der Waals surface area contributed by atoms with Crippen LogP contribution in [-0.4, -0.2) is 23.6 Å². The SMILES string of the molecule is CCC(C)NC(=O)CCNCc1ccc(CO)o1. The molecule has 0 fully saturated rings. The fraction of sp³-hybridized carbons (Fsp3) is 0.615. The van der Waals surface area contributed by atoms with Crippen molar-refractivity contribution in [2.75, 3.05) is 6.54 Å². The molecule has 1 amide bonds. The zero-order valence-corrected chi connectivity index (χ0v) is 11.0. The normalized spacial score (nSPS) is 12.4. The van der Waals surface area contributed by atoms with Crippen molar-refractivity contribution in [3.05, 3.63) is 23.7 Å². The molecule has 1 unspecified atom stereocenters. The first kappa shape index (κ1) is 14.7. The van der Waals surface area contributed by atoms with Gasteiger partial charge in [-0.25, -0.2) is 0 Å². The van der Waals surface area contributed by atoms with E-state index < -0.39 is 0 Å². The van der Waals surface area contributed by atoms with E-state index in [1.807, 2.05) is 19.9 Å². The van der Waals surface area contributed by atoms with Gasteiger partial charge in [-0.3, -0.25) is 4.79 Å². The molecule has 5 heteroatoms. The monoisotopic (exact) mass is 254 g/mol. The van der Waals surface area contributed by atoms with Crippen molar-refractivity contribution in [2.45, 2.75) is 45.9 Å². The van der Waals surface area contributed by atoms with Crippen molar-refractivity contribution in [1.82, 2.24) is 10.6 Å². The van der Waals surface area contributed by atoms with Crippen molar-refractivity contribution in [2.24, 2.45) is 0 Å². The van der Waals surface area contributed by atoms with E-state index in [-0.39, 0.29) is 18.6 Å². The minimum atomic E-state index is -0.0860. The van der Waals surface area contributed by atoms with Gasteiger partial charge in [-0.2, -0.15) is 0 Å². The van der Waals surface area contributed by atoms with E-state index in [1.165, 1.54) is 0 Å². The summed E-state index contributed by atoms with van der Waals surface area (Å²) in [5.74, 6) is 1.38. The van der Waals surface area contributed by atoms with E-state index in [2.05, 4.69) is 10.6 Å². The summed E-state index contributed by atoms with van der Waals surface area (Å²) in [6, 6.07) is 3.79. The third-order valence-corrected chi connectivity index (χ3v) is 2.72. The second kappa shape index (κ2) is 7.89. The lowest BCUT2D eigenvalue weighted by Crippen LogP contribution is -2.33. The number of aliphatic hydroxyl groups excluding tert-OH is 1. The van der Waals surface area contributed by atoms with Gasteiger partial charge in [0, 0.05) is 19.0 Å². The van der Waals surface area contributed by atoms with Crippen LogP contribution >= 0.6 is 0 Å². The highest BCUT2D eigenvalue weighted by Crippen LogP contribution is 2.06. The number of aliphatic hydroxyl groups is 1. The summed E-state index contributed by atoms with van der Waals surface area (Å²) in [5.41, 5.74) is 0. The second-order valence-corrected chi connectivity index (χ2v) is 4.33. The number of carbonyl (C=O) groups is 1. The Hall–Kier alpha value is -1.33. The molecule has 1 atom stereocenters. The third-order valence-electron chi connectivity index (χ3n) is 2.72. The van der Waals surface area contributed by atoms with Crippen molar-refractivity contribution >= 4 is 5.91 Å². The Kier molecular flexibility index (Phi) is 6.46. The van der Waals surface area contributed by atoms with Crippen LogP contribution in [0.1, 0.15) is 38.2 Å². The highest BCUT2D eigenvalue weighted by molar-refractivity contribution is 5.76. The van der Waals surface area contributed by atoms with Gasteiger partial charge in [-0.15, -0.1) is 0 Å². The number of hydrogen-bond donors (Lipinski definition) is 3. The molecule has 3 N–H and O–H groups in total. The van der Waals surface area contributed by atoms with Crippen LogP contribution in [0.2, 0.25) is 0 Å². The lowest BCUT2D eigenvalue weighted by atomic mass is 10.2. The maximum Gasteiger partial charge on any atom is 0.221 e. The lowest BCUT2D eigenvalue weighted by molar-refractivity contribution is -0.121. The van der Waals surface area contributed by atoms with Crippen LogP contribution in [0.15, 0.2) is 16.5 Å². The predicted octanol–water partition coefficient (Wildman–Crippen LogP) is 1.17. The summed E-state index contributed by atoms with van der Waals surface area (Å²) in [7, 11) is 0. The summed E-state index contributed by atoms with van der Waals surface area (Å²) in [4.78, 5) is 11.5. The molecule has 1 aromatic heterocycles. The summed E-state index contributed by atoms with van der Waals surface area (Å²) < 4.78 is 5.31. The average molecular weight is 254 g/mol. The lowest BCUT2D eigenvalue weighted by Gasteiger charge is -2.11. The second-order valence-electron chi connectivity index (χ2n) is 4.33. The maximum absolute atomic E-state index is 11.5. The zero-order valence-electron chi connectivity index (χ0n) is 11.0. The Morgan fingerprint density at radius 3 is 2.78 bits per heavy atom. The number of rotatable bonds is 8. The fourth-order valence-corrected chi connectivity index (χ4v) is 1.46. The molecule has 0 radical (unpaired) electrons. The number of nitrogens with one attached hydrogen (secondary N) is 2. The Morgan fingerprint density at radius 2 is 2.17 bits per heavy atom. The zero-order chi connectivity index (χ0) is 13.4. The fourth-order valence-electron chi connectivity index (χ4n) is 1.46. The Morgan fingerprint density at radius 1 is 1.44 bits per heavy atom. The Labute approximate surface area is 108 Å². The predicted molar refractivity (Wildman–Crippen MR) is 68.9 cm³/mol. The molecule has 1 heterocycles. The van der Waals surface area contributed by atoms with Gasteiger partial charge in [0.1, 0.15) is 18.1 Å². The highest BCUT2D eigenvalue weighted by Gasteiger charge is 2.05. The van der Waals surface area contributed by atoms with Crippen LogP contribution in [0.3, 0.4) is 0 Å². The summed E-state index contributed by atoms with van der Waals surface area (Å²) >= 11 is 0. The quantitative estimate of drug-likeness (QED) is 0.609. The smallest absolute Gasteiger partial charge is 0.221 e. The van der Waals surface area contributed by atoms with Gasteiger partial charge in [0.2, 0.25) is 5.91 Å². The van der Waals surface area contributed by atoms with E-state index in [0.29, 0.717) is 25.3 Å². The highest BCUT2D eigenvalue weighted by atomic mass is 16.4. The van der Waals surface area contributed by atoms with Crippen molar-refractivity contribution < 1.29 is 14.3 Å². The molecule has 0 spiro atoms. The van der Waals surface area contributed by atoms with Crippen LogP contribution in [0.5, 0.6) is 0 Å². The number of hydrogen-bond acceptors (Lipinski definition) is 4. The molecule has 0 aliphatic heterocycles. The van der Waals surface area contributed by atoms with Crippen molar-refractivity contribution in [1.29, 1.82) is 0 Å². The van der Waals surface area contributed by atoms with E-state index in [0.717, 1.165) is 12.2 Å². The van der Waals surface area contributed by atoms with Gasteiger partial charge in [-0.1, -0.05) is 6.92 Å². The minimum absolute atomic E-state index is 0.0624. The molecule has 1 aromatic rings. The Balaban J connectivity index is 2.13. The number of amides is 1. The maximum atomic E-state index is 11.5. The van der Waals surface area contributed by atoms with Crippen molar-refractivity contribution in [3.8, 4) is 0 Å². The first-order valence-electron chi connectivity index (χ1n) is 6.34. The largest absolute Gasteiger partial charge is 0.462 e. The molecule has 0 saturated carbocycles. The van der Waals surface area contributed by atoms with Crippen LogP contribution in [0.4, 0.5) is 0 Å². The van der Waals surface area contributed by atoms with Gasteiger partial charge in [0.15, 0.2) is 0 Å². The Bertz CT molecular complexity index is 363. The molecule has 0 saturated heterocycles. The van der Waals surface area contributed by atoms with Gasteiger partial charge < -0.3 is 20.2 Å². The van der Waals surface area contributed by atoms with Crippen LogP contribution in [0.25, 0.3) is 0 Å². The van der Waals surface area contributed by atoms with Crippen LogP contribution in [-0.2, 0) is 17.9 Å². The standard InChI is InChI=1S/C13H22N2O3/c1-3-10(2)15-13(17)6-7-14-8-11-4-5-12(9-16)18-11/h4-5,10,14,16H,3,6-9H2,1-2H3,(H,15,17). The molecule has 0 aromatic carbocycles. The van der Waals surface area contributed by atoms with E-state index in [9.17, 15) is 4.79 Å². The van der Waals surface area contributed by atoms with Crippen molar-refractivity contribution in [3.63, 3.8) is 0 Å². The summed E-state index contributed by atoms with van der Waals surface area (Å²) in [6.45, 7) is 5.12. The van der Waals surface area contributed by atoms with E-state index in [4.69, 9.17) is 9.52 Å². The number of carbonyl (C=O) groups excluding carboxylic acids is 1. The van der Waals surface area contributed by atoms with Gasteiger partial charge in [0.05, 0.1) is 6.54 Å². The molecule has 102 valence electrons. The minimum Gasteiger partial charge on any atom is -0.462 e. The molecule has 0 aliphatic carbocycles. The first-order chi connectivity index (χ1) is 8.65.